The molecule has 4 nitrogen and oxygen atoms in total. The summed E-state index contributed by atoms with van der Waals surface area (Å²) in [5, 5.41) is 2.79. The van der Waals surface area contributed by atoms with Crippen LogP contribution in [0.15, 0.2) is 35.5 Å². The molecule has 0 aliphatic carbocycles. The van der Waals surface area contributed by atoms with Gasteiger partial charge >= 0.3 is 5.97 Å². The minimum atomic E-state index is -0.616. The summed E-state index contributed by atoms with van der Waals surface area (Å²) in [7, 11) is 1.24. The number of halogens is 1. The number of nitrogens with two attached hydrogens (primary N) is 1. The molecule has 0 radical (unpaired) electrons. The minimum absolute atomic E-state index is 0.0943. The normalized spacial score (nSPS) is 11.5. The summed E-state index contributed by atoms with van der Waals surface area (Å²) in [5.74, 6) is -0.972. The van der Waals surface area contributed by atoms with Crippen molar-refractivity contribution in [2.24, 2.45) is 5.73 Å². The van der Waals surface area contributed by atoms with Crippen molar-refractivity contribution in [1.82, 2.24) is 0 Å². The van der Waals surface area contributed by atoms with Crippen LogP contribution in [0.3, 0.4) is 0 Å². The van der Waals surface area contributed by atoms with E-state index in [2.05, 4.69) is 10.1 Å². The number of hydrogen-bond acceptors (Lipinski definition) is 4. The number of nitrogens with one attached hydrogen (secondary N) is 1. The van der Waals surface area contributed by atoms with Gasteiger partial charge in [-0.1, -0.05) is 12.2 Å². The fraction of sp³-hybridized carbons (Fsp3) is 0.167. The van der Waals surface area contributed by atoms with E-state index in [0.717, 1.165) is 0 Å². The van der Waals surface area contributed by atoms with E-state index in [4.69, 9.17) is 18.0 Å². The van der Waals surface area contributed by atoms with Crippen molar-refractivity contribution in [3.8, 4) is 0 Å². The van der Waals surface area contributed by atoms with Gasteiger partial charge in [-0.15, -0.1) is 0 Å². The van der Waals surface area contributed by atoms with E-state index in [1.807, 2.05) is 0 Å². The van der Waals surface area contributed by atoms with Crippen LogP contribution in [0.5, 0.6) is 0 Å². The third kappa shape index (κ3) is 3.53. The van der Waals surface area contributed by atoms with Crippen molar-refractivity contribution in [3.05, 3.63) is 41.4 Å². The number of ether oxygens (including phenoxy) is 1. The molecule has 6 heteroatoms. The van der Waals surface area contributed by atoms with E-state index in [9.17, 15) is 9.18 Å². The first-order valence-electron chi connectivity index (χ1n) is 5.07. The number of rotatable bonds is 3. The molecule has 0 aliphatic heterocycles. The predicted molar refractivity (Wildman–Crippen MR) is 71.5 cm³/mol. The first-order valence-corrected chi connectivity index (χ1v) is 5.48. The quantitative estimate of drug-likeness (QED) is 0.498. The van der Waals surface area contributed by atoms with Crippen LogP contribution < -0.4 is 11.1 Å². The molecule has 0 heterocycles. The van der Waals surface area contributed by atoms with Crippen LogP contribution in [0.1, 0.15) is 6.92 Å². The molecule has 1 aromatic carbocycles. The Morgan fingerprint density at radius 2 is 1.94 bits per heavy atom. The van der Waals surface area contributed by atoms with Crippen LogP contribution in [-0.4, -0.2) is 18.1 Å². The van der Waals surface area contributed by atoms with Crippen LogP contribution in [0.25, 0.3) is 0 Å². The second-order valence-electron chi connectivity index (χ2n) is 3.51. The SMILES string of the molecule is COC(=O)/C(C(=S)Nc1ccc(F)cc1)=C(/C)N. The van der Waals surface area contributed by atoms with Gasteiger partial charge in [0, 0.05) is 11.4 Å². The maximum atomic E-state index is 12.7. The Bertz CT molecular complexity index is 493. The fourth-order valence-corrected chi connectivity index (χ4v) is 1.62. The number of carbonyl (C=O) groups excluding carboxylic acids is 1. The topological polar surface area (TPSA) is 64.3 Å². The number of anilines is 1. The third-order valence-electron chi connectivity index (χ3n) is 2.11. The number of esters is 1. The molecular formula is C12H13FN2O2S. The molecule has 0 saturated heterocycles. The molecule has 0 bridgehead atoms. The van der Waals surface area contributed by atoms with Crippen molar-refractivity contribution in [1.29, 1.82) is 0 Å². The van der Waals surface area contributed by atoms with Gasteiger partial charge in [0.15, 0.2) is 0 Å². The highest BCUT2D eigenvalue weighted by Gasteiger charge is 2.17. The molecule has 0 unspecified atom stereocenters. The predicted octanol–water partition coefficient (Wildman–Crippen LogP) is 1.97. The number of methoxy groups -OCH3 is 1. The lowest BCUT2D eigenvalue weighted by atomic mass is 10.2. The highest BCUT2D eigenvalue weighted by atomic mass is 32.1. The van der Waals surface area contributed by atoms with Crippen LogP contribution in [0.4, 0.5) is 10.1 Å². The van der Waals surface area contributed by atoms with E-state index in [0.29, 0.717) is 5.69 Å². The molecule has 0 fully saturated rings. The molecule has 1 aromatic rings. The Labute approximate surface area is 110 Å². The summed E-state index contributed by atoms with van der Waals surface area (Å²) in [4.78, 5) is 11.6. The zero-order valence-electron chi connectivity index (χ0n) is 9.99. The van der Waals surface area contributed by atoms with Gasteiger partial charge in [0.05, 0.1) is 7.11 Å². The van der Waals surface area contributed by atoms with E-state index >= 15 is 0 Å². The first-order chi connectivity index (χ1) is 8.45. The molecule has 18 heavy (non-hydrogen) atoms. The monoisotopic (exact) mass is 268 g/mol. The van der Waals surface area contributed by atoms with Crippen LogP contribution >= 0.6 is 12.2 Å². The van der Waals surface area contributed by atoms with Crippen molar-refractivity contribution in [3.63, 3.8) is 0 Å². The number of benzene rings is 1. The summed E-state index contributed by atoms with van der Waals surface area (Å²) in [6.45, 7) is 1.55. The Hall–Kier alpha value is -1.95. The second-order valence-corrected chi connectivity index (χ2v) is 3.92. The minimum Gasteiger partial charge on any atom is -0.465 e. The summed E-state index contributed by atoms with van der Waals surface area (Å²) < 4.78 is 17.3. The smallest absolute Gasteiger partial charge is 0.342 e. The standard InChI is InChI=1S/C12H13FN2O2S/c1-7(14)10(12(16)17-2)11(18)15-9-5-3-8(13)4-6-9/h3-6H,14H2,1-2H3,(H,15,18)/b10-7-. The fourth-order valence-electron chi connectivity index (χ4n) is 1.26. The third-order valence-corrected chi connectivity index (χ3v) is 2.42. The maximum Gasteiger partial charge on any atom is 0.342 e. The van der Waals surface area contributed by atoms with E-state index in [-0.39, 0.29) is 22.1 Å². The van der Waals surface area contributed by atoms with Gasteiger partial charge in [-0.2, -0.15) is 0 Å². The zero-order chi connectivity index (χ0) is 13.7. The van der Waals surface area contributed by atoms with Gasteiger partial charge in [-0.05, 0) is 31.2 Å². The number of carbonyl (C=O) groups is 1. The molecule has 96 valence electrons. The highest BCUT2D eigenvalue weighted by Crippen LogP contribution is 2.12. The summed E-state index contributed by atoms with van der Waals surface area (Å²) in [6.07, 6.45) is 0. The van der Waals surface area contributed by atoms with Crippen molar-refractivity contribution < 1.29 is 13.9 Å². The van der Waals surface area contributed by atoms with E-state index < -0.39 is 5.97 Å². The van der Waals surface area contributed by atoms with E-state index in [1.54, 1.807) is 6.92 Å². The highest BCUT2D eigenvalue weighted by molar-refractivity contribution is 7.81. The lowest BCUT2D eigenvalue weighted by Gasteiger charge is -2.11. The molecule has 3 N–H and O–H groups in total. The van der Waals surface area contributed by atoms with Crippen LogP contribution in [0, 0.1) is 5.82 Å². The first kappa shape index (κ1) is 14.1. The van der Waals surface area contributed by atoms with Gasteiger partial charge in [-0.3, -0.25) is 0 Å². The largest absolute Gasteiger partial charge is 0.465 e. The number of hydrogen-bond donors (Lipinski definition) is 2. The molecule has 0 amide bonds. The molecule has 0 aromatic heterocycles. The Balaban J connectivity index is 2.90. The van der Waals surface area contributed by atoms with Gasteiger partial charge in [0.25, 0.3) is 0 Å². The average Bonchev–Trinajstić information content (AvgIpc) is 2.31. The van der Waals surface area contributed by atoms with Crippen molar-refractivity contribution >= 4 is 28.9 Å². The van der Waals surface area contributed by atoms with Gasteiger partial charge < -0.3 is 15.8 Å². The van der Waals surface area contributed by atoms with Gasteiger partial charge in [0.1, 0.15) is 16.4 Å². The molecule has 0 spiro atoms. The van der Waals surface area contributed by atoms with Gasteiger partial charge in [0.2, 0.25) is 0 Å². The number of thiocarbonyl (C=S) groups is 1. The Morgan fingerprint density at radius 1 is 1.39 bits per heavy atom. The average molecular weight is 268 g/mol. The molecule has 0 aliphatic rings. The Kier molecular flexibility index (Phi) is 4.79. The molecular weight excluding hydrogens is 255 g/mol. The zero-order valence-corrected chi connectivity index (χ0v) is 10.8. The van der Waals surface area contributed by atoms with Crippen LogP contribution in [0.2, 0.25) is 0 Å². The maximum absolute atomic E-state index is 12.7. The lowest BCUT2D eigenvalue weighted by Crippen LogP contribution is -2.23. The summed E-state index contributed by atoms with van der Waals surface area (Å²) >= 11 is 5.07. The molecule has 0 atom stereocenters. The summed E-state index contributed by atoms with van der Waals surface area (Å²) in [5.41, 5.74) is 6.49. The van der Waals surface area contributed by atoms with Gasteiger partial charge in [-0.25, -0.2) is 9.18 Å². The van der Waals surface area contributed by atoms with Crippen LogP contribution in [-0.2, 0) is 9.53 Å². The van der Waals surface area contributed by atoms with Crippen molar-refractivity contribution in [2.75, 3.05) is 12.4 Å². The van der Waals surface area contributed by atoms with E-state index in [1.165, 1.54) is 31.4 Å². The second kappa shape index (κ2) is 6.11. The lowest BCUT2D eigenvalue weighted by molar-refractivity contribution is -0.135. The number of allylic oxidation sites excluding steroid dienone is 1. The molecule has 1 rings (SSSR count). The van der Waals surface area contributed by atoms with Crippen molar-refractivity contribution in [2.45, 2.75) is 6.92 Å². The Morgan fingerprint density at radius 3 is 2.39 bits per heavy atom. The molecule has 0 saturated carbocycles. The summed E-state index contributed by atoms with van der Waals surface area (Å²) in [6, 6.07) is 5.56.